The lowest BCUT2D eigenvalue weighted by Gasteiger charge is -2.32. The summed E-state index contributed by atoms with van der Waals surface area (Å²) in [6, 6.07) is 2.37. The molecule has 0 radical (unpaired) electrons. The summed E-state index contributed by atoms with van der Waals surface area (Å²) in [7, 11) is 0. The van der Waals surface area contributed by atoms with Crippen LogP contribution >= 0.6 is 0 Å². The van der Waals surface area contributed by atoms with Crippen LogP contribution in [0.3, 0.4) is 0 Å². The number of hydrogen-bond donors (Lipinski definition) is 1. The molecule has 4 atom stereocenters. The number of carbonyl (C=O) groups is 1. The van der Waals surface area contributed by atoms with Crippen LogP contribution in [0.4, 0.5) is 13.2 Å². The highest BCUT2D eigenvalue weighted by Gasteiger charge is 2.48. The molecule has 3 rings (SSSR count). The number of benzene rings is 1. The molecule has 2 N–H and O–H groups in total. The molecule has 4 nitrogen and oxygen atoms in total. The van der Waals surface area contributed by atoms with Gasteiger partial charge in [-0.2, -0.15) is 5.26 Å². The van der Waals surface area contributed by atoms with Gasteiger partial charge in [0.2, 0.25) is 5.91 Å². The zero-order valence-electron chi connectivity index (χ0n) is 13.0. The molecule has 1 aliphatic heterocycles. The molecule has 2 aliphatic rings. The van der Waals surface area contributed by atoms with Gasteiger partial charge in [0.15, 0.2) is 11.6 Å². The number of amides is 1. The summed E-state index contributed by atoms with van der Waals surface area (Å²) in [5.74, 6) is -3.29. The monoisotopic (exact) mass is 337 g/mol. The zero-order valence-corrected chi connectivity index (χ0v) is 13.0. The minimum atomic E-state index is -1.26. The molecule has 1 aromatic rings. The van der Waals surface area contributed by atoms with Gasteiger partial charge >= 0.3 is 0 Å². The van der Waals surface area contributed by atoms with Gasteiger partial charge < -0.3 is 10.6 Å². The second-order valence-electron chi connectivity index (χ2n) is 6.63. The van der Waals surface area contributed by atoms with E-state index >= 15 is 0 Å². The van der Waals surface area contributed by atoms with Gasteiger partial charge in [-0.25, -0.2) is 13.2 Å². The molecule has 7 heteroatoms. The third kappa shape index (κ3) is 2.98. The molecule has 2 fully saturated rings. The smallest absolute Gasteiger partial charge is 0.225 e. The molecule has 1 aromatic carbocycles. The standard InChI is InChI=1S/C17H18F3N3O/c18-13-7-15(20)14(19)5-10(13)3-11(22)6-17(24)23-12-2-1-9(4-12)16(23)8-21/h5,7,9,11-12,16H,1-4,6,22H2/t9?,11-,12?,16-/m1/s1. The van der Waals surface area contributed by atoms with Crippen molar-refractivity contribution in [3.8, 4) is 6.07 Å². The van der Waals surface area contributed by atoms with Gasteiger partial charge in [0.1, 0.15) is 11.9 Å². The van der Waals surface area contributed by atoms with E-state index in [2.05, 4.69) is 6.07 Å². The molecule has 1 saturated carbocycles. The van der Waals surface area contributed by atoms with E-state index in [9.17, 15) is 23.2 Å². The fourth-order valence-corrected chi connectivity index (χ4v) is 3.92. The van der Waals surface area contributed by atoms with Crippen LogP contribution in [-0.4, -0.2) is 28.9 Å². The maximum Gasteiger partial charge on any atom is 0.225 e. The molecule has 2 bridgehead atoms. The van der Waals surface area contributed by atoms with Crippen LogP contribution in [0.15, 0.2) is 12.1 Å². The van der Waals surface area contributed by atoms with Crippen molar-refractivity contribution in [2.75, 3.05) is 0 Å². The SMILES string of the molecule is N#C[C@@H]1C2CCC(C2)N1C(=O)C[C@H](N)Cc1cc(F)c(F)cc1F. The first-order valence-corrected chi connectivity index (χ1v) is 8.00. The van der Waals surface area contributed by atoms with E-state index in [1.165, 1.54) is 0 Å². The van der Waals surface area contributed by atoms with E-state index in [-0.39, 0.29) is 36.3 Å². The Morgan fingerprint density at radius 1 is 1.29 bits per heavy atom. The van der Waals surface area contributed by atoms with E-state index in [0.29, 0.717) is 6.07 Å². The molecular formula is C17H18F3N3O. The molecule has 1 heterocycles. The second kappa shape index (κ2) is 6.44. The second-order valence-corrected chi connectivity index (χ2v) is 6.63. The predicted molar refractivity (Wildman–Crippen MR) is 80.0 cm³/mol. The van der Waals surface area contributed by atoms with Crippen LogP contribution in [-0.2, 0) is 11.2 Å². The minimum absolute atomic E-state index is 0.0557. The van der Waals surface area contributed by atoms with Gasteiger partial charge in [0, 0.05) is 24.6 Å². The summed E-state index contributed by atoms with van der Waals surface area (Å²) in [4.78, 5) is 14.1. The largest absolute Gasteiger partial charge is 0.327 e. The number of nitrogens with zero attached hydrogens (tertiary/aromatic N) is 2. The lowest BCUT2D eigenvalue weighted by atomic mass is 9.98. The van der Waals surface area contributed by atoms with Crippen molar-refractivity contribution < 1.29 is 18.0 Å². The van der Waals surface area contributed by atoms with Gasteiger partial charge in [0.25, 0.3) is 0 Å². The van der Waals surface area contributed by atoms with Gasteiger partial charge in [-0.1, -0.05) is 0 Å². The number of nitriles is 1. The van der Waals surface area contributed by atoms with E-state index in [4.69, 9.17) is 5.73 Å². The minimum Gasteiger partial charge on any atom is -0.327 e. The molecule has 128 valence electrons. The van der Waals surface area contributed by atoms with Crippen molar-refractivity contribution in [1.29, 1.82) is 5.26 Å². The first-order valence-electron chi connectivity index (χ1n) is 8.00. The van der Waals surface area contributed by atoms with Gasteiger partial charge in [0.05, 0.1) is 6.07 Å². The van der Waals surface area contributed by atoms with Crippen molar-refractivity contribution in [2.24, 2.45) is 11.7 Å². The zero-order chi connectivity index (χ0) is 17.4. The van der Waals surface area contributed by atoms with E-state index in [1.54, 1.807) is 4.90 Å². The summed E-state index contributed by atoms with van der Waals surface area (Å²) in [6.45, 7) is 0. The molecule has 1 aliphatic carbocycles. The third-order valence-corrected chi connectivity index (χ3v) is 5.01. The van der Waals surface area contributed by atoms with Crippen LogP contribution in [0, 0.1) is 34.7 Å². The maximum atomic E-state index is 13.7. The lowest BCUT2D eigenvalue weighted by Crippen LogP contribution is -2.46. The van der Waals surface area contributed by atoms with Crippen molar-refractivity contribution in [3.63, 3.8) is 0 Å². The number of carbonyl (C=O) groups excluding carboxylic acids is 1. The van der Waals surface area contributed by atoms with Crippen LogP contribution in [0.2, 0.25) is 0 Å². The van der Waals surface area contributed by atoms with Crippen LogP contribution in [0.1, 0.15) is 31.2 Å². The third-order valence-electron chi connectivity index (χ3n) is 5.01. The Labute approximate surface area is 138 Å². The number of halogens is 3. The highest BCUT2D eigenvalue weighted by atomic mass is 19.2. The van der Waals surface area contributed by atoms with Crippen LogP contribution < -0.4 is 5.73 Å². The van der Waals surface area contributed by atoms with Gasteiger partial charge in [-0.15, -0.1) is 0 Å². The van der Waals surface area contributed by atoms with Crippen LogP contribution in [0.25, 0.3) is 0 Å². The number of likely N-dealkylation sites (tertiary alicyclic amines) is 1. The molecule has 24 heavy (non-hydrogen) atoms. The fraction of sp³-hybridized carbons (Fsp3) is 0.529. The number of piperidine rings is 1. The number of fused-ring (bicyclic) bond motifs is 2. The molecule has 0 spiro atoms. The Morgan fingerprint density at radius 3 is 2.71 bits per heavy atom. The van der Waals surface area contributed by atoms with E-state index < -0.39 is 29.5 Å². The van der Waals surface area contributed by atoms with Crippen molar-refractivity contribution >= 4 is 5.91 Å². The molecule has 2 unspecified atom stereocenters. The summed E-state index contributed by atoms with van der Waals surface area (Å²) >= 11 is 0. The Bertz CT molecular complexity index is 703. The number of nitrogens with two attached hydrogens (primary N) is 1. The lowest BCUT2D eigenvalue weighted by molar-refractivity contribution is -0.134. The molecule has 1 saturated heterocycles. The highest BCUT2D eigenvalue weighted by molar-refractivity contribution is 5.78. The maximum absolute atomic E-state index is 13.7. The Balaban J connectivity index is 1.65. The Kier molecular flexibility index (Phi) is 4.50. The average Bonchev–Trinajstić information content (AvgIpc) is 3.12. The fourth-order valence-electron chi connectivity index (χ4n) is 3.92. The number of hydrogen-bond acceptors (Lipinski definition) is 3. The summed E-state index contributed by atoms with van der Waals surface area (Å²) in [6.07, 6.45) is 2.56. The Morgan fingerprint density at radius 2 is 2.00 bits per heavy atom. The quantitative estimate of drug-likeness (QED) is 0.857. The Hall–Kier alpha value is -2.07. The topological polar surface area (TPSA) is 70.1 Å². The summed E-state index contributed by atoms with van der Waals surface area (Å²) < 4.78 is 39.8. The molecule has 0 aromatic heterocycles. The van der Waals surface area contributed by atoms with Crippen LogP contribution in [0.5, 0.6) is 0 Å². The summed E-state index contributed by atoms with van der Waals surface area (Å²) in [5.41, 5.74) is 5.84. The van der Waals surface area contributed by atoms with E-state index in [0.717, 1.165) is 25.3 Å². The number of rotatable bonds is 4. The van der Waals surface area contributed by atoms with Crippen molar-refractivity contribution in [1.82, 2.24) is 4.90 Å². The first-order chi connectivity index (χ1) is 11.4. The van der Waals surface area contributed by atoms with E-state index in [1.807, 2.05) is 0 Å². The molecule has 1 amide bonds. The highest BCUT2D eigenvalue weighted by Crippen LogP contribution is 2.42. The van der Waals surface area contributed by atoms with Crippen molar-refractivity contribution in [2.45, 2.75) is 50.2 Å². The molecular weight excluding hydrogens is 319 g/mol. The predicted octanol–water partition coefficient (Wildman–Crippen LogP) is 2.27. The first kappa shape index (κ1) is 16.8. The van der Waals surface area contributed by atoms with Crippen molar-refractivity contribution in [3.05, 3.63) is 35.1 Å². The van der Waals surface area contributed by atoms with Gasteiger partial charge in [-0.05, 0) is 43.2 Å². The van der Waals surface area contributed by atoms with Gasteiger partial charge in [-0.3, -0.25) is 4.79 Å². The average molecular weight is 337 g/mol. The summed E-state index contributed by atoms with van der Waals surface area (Å²) in [5, 5.41) is 9.27. The normalized spacial score (nSPS) is 26.5.